The quantitative estimate of drug-likeness (QED) is 0.178. The topological polar surface area (TPSA) is 29.6 Å². The van der Waals surface area contributed by atoms with E-state index < -0.39 is 0 Å². The molecule has 235 valence electrons. The van der Waals surface area contributed by atoms with Crippen molar-refractivity contribution in [3.63, 3.8) is 0 Å². The Morgan fingerprint density at radius 3 is 0.804 bits per heavy atom. The summed E-state index contributed by atoms with van der Waals surface area (Å²) in [6.45, 7) is 19.6. The number of hydrogen-bond donors (Lipinski definition) is 0. The van der Waals surface area contributed by atoms with E-state index in [1.807, 2.05) is 0 Å². The van der Waals surface area contributed by atoms with Gasteiger partial charge in [-0.05, 0) is 0 Å². The van der Waals surface area contributed by atoms with E-state index in [-0.39, 0.29) is 7.12 Å². The minimum atomic E-state index is -0.268. The molecule has 0 saturated heterocycles. The van der Waals surface area contributed by atoms with Gasteiger partial charge in [-0.2, -0.15) is 0 Å². The average Bonchev–Trinajstić information content (AvgIpc) is 3.62. The summed E-state index contributed by atoms with van der Waals surface area (Å²) >= 11 is 10.3. The third kappa shape index (κ3) is 5.60. The molecule has 1 radical (unpaired) electrons. The summed E-state index contributed by atoms with van der Waals surface area (Å²) in [6.07, 6.45) is 13.0. The second-order valence-corrected chi connectivity index (χ2v) is 15.0. The summed E-state index contributed by atoms with van der Waals surface area (Å²) in [7, 11) is -0.268. The fourth-order valence-corrected chi connectivity index (χ4v) is 9.20. The molecule has 6 rings (SSSR count). The van der Waals surface area contributed by atoms with Gasteiger partial charge in [-0.25, -0.2) is 0 Å². The SMILES string of the molecule is Cc1cc(C)c(-n2ccn([B-](n3ccn(-c4c(C)cc(C)cc4C)c3=[Se])n3ccn(-c4c(C)cc(C)cc4C)c3=[Se])c2=[Se])c(C)c1. The van der Waals surface area contributed by atoms with Crippen LogP contribution in [0.3, 0.4) is 0 Å². The van der Waals surface area contributed by atoms with Gasteiger partial charge in [0.15, 0.2) is 0 Å². The molecule has 0 fully saturated rings. The molecule has 0 unspecified atom stereocenters. The van der Waals surface area contributed by atoms with Crippen LogP contribution in [0.4, 0.5) is 0 Å². The van der Waals surface area contributed by atoms with Crippen LogP contribution < -0.4 is 0 Å². The van der Waals surface area contributed by atoms with Crippen LogP contribution in [0.15, 0.2) is 73.6 Å². The van der Waals surface area contributed by atoms with Crippen LogP contribution in [0.25, 0.3) is 17.1 Å². The number of benzene rings is 3. The van der Waals surface area contributed by atoms with Gasteiger partial charge in [-0.3, -0.25) is 0 Å². The summed E-state index contributed by atoms with van der Waals surface area (Å²) < 4.78 is 16.7. The van der Waals surface area contributed by atoms with E-state index in [4.69, 9.17) is 0 Å². The van der Waals surface area contributed by atoms with Gasteiger partial charge in [0.25, 0.3) is 0 Å². The van der Waals surface area contributed by atoms with Crippen molar-refractivity contribution in [2.45, 2.75) is 62.3 Å². The molecular formula is C36H39BN6Se3-. The van der Waals surface area contributed by atoms with Crippen LogP contribution >= 0.6 is 0 Å². The first-order valence-electron chi connectivity index (χ1n) is 15.4. The molecule has 0 atom stereocenters. The predicted molar refractivity (Wildman–Crippen MR) is 193 cm³/mol. The summed E-state index contributed by atoms with van der Waals surface area (Å²) in [5, 5.41) is 0. The van der Waals surface area contributed by atoms with Gasteiger partial charge >= 0.3 is 297 Å². The Bertz CT molecular complexity index is 2010. The van der Waals surface area contributed by atoms with Gasteiger partial charge in [0.1, 0.15) is 0 Å². The molecular weight excluding hydrogens is 764 g/mol. The van der Waals surface area contributed by atoms with Crippen molar-refractivity contribution in [1.29, 1.82) is 0 Å². The molecule has 0 saturated carbocycles. The molecule has 6 nitrogen and oxygen atoms in total. The Hall–Kier alpha value is -3.09. The molecule has 3 aromatic heterocycles. The van der Waals surface area contributed by atoms with E-state index >= 15 is 0 Å². The monoisotopic (exact) mass is 806 g/mol. The number of imidazole rings is 3. The average molecular weight is 803 g/mol. The minimum absolute atomic E-state index is 0.268. The van der Waals surface area contributed by atoms with Crippen molar-refractivity contribution in [3.05, 3.63) is 137 Å². The molecule has 0 aliphatic carbocycles. The number of rotatable bonds is 6. The zero-order valence-electron chi connectivity index (χ0n) is 27.9. The van der Waals surface area contributed by atoms with Crippen molar-refractivity contribution in [1.82, 2.24) is 27.1 Å². The second-order valence-electron chi connectivity index (χ2n) is 12.7. The van der Waals surface area contributed by atoms with E-state index in [0.717, 1.165) is 13.0 Å². The molecule has 0 bridgehead atoms. The molecule has 46 heavy (non-hydrogen) atoms. The fraction of sp³-hybridized carbons (Fsp3) is 0.250. The molecule has 3 heterocycles. The molecule has 3 aromatic carbocycles. The normalized spacial score (nSPS) is 11.6. The fourth-order valence-electron chi connectivity index (χ4n) is 7.27. The molecule has 0 aliphatic heterocycles. The predicted octanol–water partition coefficient (Wildman–Crippen LogP) is 6.27. The van der Waals surface area contributed by atoms with Crippen LogP contribution in [0.5, 0.6) is 0 Å². The van der Waals surface area contributed by atoms with Gasteiger partial charge in [0.05, 0.1) is 0 Å². The molecule has 0 spiro atoms. The zero-order chi connectivity index (χ0) is 33.2. The van der Waals surface area contributed by atoms with Crippen LogP contribution in [0.1, 0.15) is 50.1 Å². The zero-order valence-corrected chi connectivity index (χ0v) is 33.1. The summed E-state index contributed by atoms with van der Waals surface area (Å²) in [6, 6.07) is 13.5. The Morgan fingerprint density at radius 1 is 0.370 bits per heavy atom. The van der Waals surface area contributed by atoms with Crippen LogP contribution in [-0.2, 0) is 0 Å². The van der Waals surface area contributed by atoms with Gasteiger partial charge in [-0.1, -0.05) is 0 Å². The molecule has 0 amide bonds. The van der Waals surface area contributed by atoms with Crippen LogP contribution in [-0.4, -0.2) is 81.0 Å². The van der Waals surface area contributed by atoms with Gasteiger partial charge in [0.2, 0.25) is 0 Å². The van der Waals surface area contributed by atoms with Gasteiger partial charge in [-0.15, -0.1) is 0 Å². The Labute approximate surface area is 295 Å². The Balaban J connectivity index is 1.61. The van der Waals surface area contributed by atoms with Crippen molar-refractivity contribution in [2.24, 2.45) is 0 Å². The molecule has 6 aromatic rings. The standard InChI is InChI=1S/C36H39BN6Se3/c1-22-16-25(4)31(26(5)17-22)38-10-13-41(34(38)44)37(42-14-11-39(35(42)45)32-27(6)18-23(2)19-28(32)7)43-15-12-40(36(43)46)33-29(8)20-24(3)21-30(33)9/h10-21H,1-9H3/q-1. The van der Waals surface area contributed by atoms with Crippen molar-refractivity contribution in [2.75, 3.05) is 0 Å². The van der Waals surface area contributed by atoms with E-state index in [1.165, 1.54) is 67.1 Å². The molecule has 10 heteroatoms. The number of hydrogen-bond acceptors (Lipinski definition) is 0. The summed E-state index contributed by atoms with van der Waals surface area (Å²) in [5.74, 6) is 0. The Kier molecular flexibility index (Phi) is 8.92. The molecule has 0 aliphatic rings. The maximum absolute atomic E-state index is 3.44. The summed E-state index contributed by atoms with van der Waals surface area (Å²) in [4.78, 5) is 0. The van der Waals surface area contributed by atoms with Crippen LogP contribution in [0, 0.1) is 75.3 Å². The van der Waals surface area contributed by atoms with Gasteiger partial charge in [0, 0.05) is 0 Å². The first-order valence-corrected chi connectivity index (χ1v) is 18.0. The van der Waals surface area contributed by atoms with Gasteiger partial charge < -0.3 is 0 Å². The first-order chi connectivity index (χ1) is 21.8. The van der Waals surface area contributed by atoms with Crippen LogP contribution in [0.2, 0.25) is 0 Å². The number of aryl methyl sites for hydroxylation is 9. The van der Waals surface area contributed by atoms with E-state index in [2.05, 4.69) is 210 Å². The summed E-state index contributed by atoms with van der Waals surface area (Å²) in [5.41, 5.74) is 14.9. The third-order valence-electron chi connectivity index (χ3n) is 8.79. The van der Waals surface area contributed by atoms with E-state index in [0.29, 0.717) is 0 Å². The Morgan fingerprint density at radius 2 is 0.587 bits per heavy atom. The van der Waals surface area contributed by atoms with Crippen molar-refractivity contribution < 1.29 is 0 Å². The number of nitrogens with zero attached hydrogens (tertiary/aromatic N) is 6. The maximum atomic E-state index is 3.44. The molecule has 0 N–H and O–H groups in total. The second kappa shape index (κ2) is 12.5. The first kappa shape index (κ1) is 32.8. The van der Waals surface area contributed by atoms with Crippen molar-refractivity contribution in [3.8, 4) is 17.1 Å². The number of aromatic nitrogens is 6. The van der Waals surface area contributed by atoms with E-state index in [9.17, 15) is 0 Å². The third-order valence-corrected chi connectivity index (χ3v) is 11.4. The van der Waals surface area contributed by atoms with E-state index in [1.54, 1.807) is 0 Å². The van der Waals surface area contributed by atoms with Crippen molar-refractivity contribution >= 4 is 53.8 Å².